The molecule has 0 spiro atoms. The minimum Gasteiger partial charge on any atom is -0.332 e. The van der Waals surface area contributed by atoms with Gasteiger partial charge in [0.15, 0.2) is 0 Å². The zero-order valence-corrected chi connectivity index (χ0v) is 8.96. The summed E-state index contributed by atoms with van der Waals surface area (Å²) in [5.74, 6) is 2.64. The van der Waals surface area contributed by atoms with Crippen LogP contribution in [0.3, 0.4) is 0 Å². The molecule has 3 nitrogen and oxygen atoms in total. The van der Waals surface area contributed by atoms with Gasteiger partial charge >= 0.3 is 0 Å². The van der Waals surface area contributed by atoms with Crippen LogP contribution in [0.5, 0.6) is 0 Å². The molecule has 0 atom stereocenters. The highest BCUT2D eigenvalue weighted by molar-refractivity contribution is 5.76. The van der Waals surface area contributed by atoms with Gasteiger partial charge in [-0.25, -0.2) is 0 Å². The molecule has 0 aromatic rings. The van der Waals surface area contributed by atoms with Crippen LogP contribution in [0, 0.1) is 12.3 Å². The molecule has 0 heterocycles. The van der Waals surface area contributed by atoms with E-state index in [1.165, 1.54) is 0 Å². The van der Waals surface area contributed by atoms with E-state index >= 15 is 0 Å². The fraction of sp³-hybridized carbons (Fsp3) is 0.727. The van der Waals surface area contributed by atoms with Crippen LogP contribution in [-0.2, 0) is 4.79 Å². The number of unbranched alkanes of at least 4 members (excludes halogenated alkanes) is 2. The van der Waals surface area contributed by atoms with E-state index in [1.807, 2.05) is 6.92 Å². The van der Waals surface area contributed by atoms with Crippen LogP contribution >= 0.6 is 0 Å². The average molecular weight is 196 g/mol. The molecule has 0 bridgehead atoms. The summed E-state index contributed by atoms with van der Waals surface area (Å²) in [6, 6.07) is 0. The van der Waals surface area contributed by atoms with Crippen molar-refractivity contribution in [1.82, 2.24) is 4.90 Å². The summed E-state index contributed by atoms with van der Waals surface area (Å²) < 4.78 is 0. The Morgan fingerprint density at radius 3 is 2.64 bits per heavy atom. The lowest BCUT2D eigenvalue weighted by atomic mass is 10.2. The molecule has 0 unspecified atom stereocenters. The first-order chi connectivity index (χ1) is 6.76. The highest BCUT2D eigenvalue weighted by Crippen LogP contribution is 2.02. The lowest BCUT2D eigenvalue weighted by Crippen LogP contribution is -2.30. The fourth-order valence-electron chi connectivity index (χ4n) is 1.24. The van der Waals surface area contributed by atoms with Gasteiger partial charge in [-0.2, -0.15) is 0 Å². The number of nitrogens with zero attached hydrogens (tertiary/aromatic N) is 1. The zero-order chi connectivity index (χ0) is 10.8. The van der Waals surface area contributed by atoms with Gasteiger partial charge in [0.1, 0.15) is 0 Å². The van der Waals surface area contributed by atoms with Crippen molar-refractivity contribution >= 4 is 5.91 Å². The largest absolute Gasteiger partial charge is 0.332 e. The van der Waals surface area contributed by atoms with Crippen LogP contribution < -0.4 is 5.73 Å². The monoisotopic (exact) mass is 196 g/mol. The first-order valence-corrected chi connectivity index (χ1v) is 5.17. The molecule has 0 rings (SSSR count). The van der Waals surface area contributed by atoms with Gasteiger partial charge in [-0.3, -0.25) is 4.79 Å². The third-order valence-electron chi connectivity index (χ3n) is 2.11. The van der Waals surface area contributed by atoms with E-state index in [9.17, 15) is 4.79 Å². The standard InChI is InChI=1S/C11H20N2O/c1-3-10-13(4-2)11(14)8-6-5-7-9-12/h1H,4-10,12H2,2H3. The molecule has 0 aliphatic carbocycles. The molecule has 3 heteroatoms. The van der Waals surface area contributed by atoms with Gasteiger partial charge in [-0.15, -0.1) is 6.42 Å². The Hall–Kier alpha value is -1.01. The first-order valence-electron chi connectivity index (χ1n) is 5.17. The number of rotatable bonds is 7. The van der Waals surface area contributed by atoms with Crippen molar-refractivity contribution in [3.63, 3.8) is 0 Å². The molecule has 0 saturated carbocycles. The smallest absolute Gasteiger partial charge is 0.223 e. The Labute approximate surface area is 86.6 Å². The predicted octanol–water partition coefficient (Wildman–Crippen LogP) is 0.987. The fourth-order valence-corrected chi connectivity index (χ4v) is 1.24. The summed E-state index contributed by atoms with van der Waals surface area (Å²) in [6.45, 7) is 3.76. The Morgan fingerprint density at radius 2 is 2.14 bits per heavy atom. The van der Waals surface area contributed by atoms with Crippen molar-refractivity contribution in [2.75, 3.05) is 19.6 Å². The topological polar surface area (TPSA) is 46.3 Å². The Bertz CT molecular complexity index is 196. The van der Waals surface area contributed by atoms with Crippen LogP contribution in [0.15, 0.2) is 0 Å². The van der Waals surface area contributed by atoms with Crippen LogP contribution in [0.2, 0.25) is 0 Å². The van der Waals surface area contributed by atoms with Gasteiger partial charge in [-0.05, 0) is 26.3 Å². The molecule has 1 amide bonds. The third-order valence-corrected chi connectivity index (χ3v) is 2.11. The summed E-state index contributed by atoms with van der Waals surface area (Å²) in [5.41, 5.74) is 5.36. The lowest BCUT2D eigenvalue weighted by molar-refractivity contribution is -0.130. The van der Waals surface area contributed by atoms with Crippen LogP contribution in [0.4, 0.5) is 0 Å². The van der Waals surface area contributed by atoms with Crippen molar-refractivity contribution in [3.8, 4) is 12.3 Å². The quantitative estimate of drug-likeness (QED) is 0.487. The minimum atomic E-state index is 0.155. The predicted molar refractivity (Wildman–Crippen MR) is 58.6 cm³/mol. The van der Waals surface area contributed by atoms with E-state index in [1.54, 1.807) is 4.90 Å². The summed E-state index contributed by atoms with van der Waals surface area (Å²) in [5, 5.41) is 0. The highest BCUT2D eigenvalue weighted by atomic mass is 16.2. The average Bonchev–Trinajstić information content (AvgIpc) is 2.20. The molecule has 0 radical (unpaired) electrons. The summed E-state index contributed by atoms with van der Waals surface area (Å²) >= 11 is 0. The van der Waals surface area contributed by atoms with Crippen LogP contribution in [0.1, 0.15) is 32.6 Å². The number of terminal acetylenes is 1. The van der Waals surface area contributed by atoms with Crippen LogP contribution in [-0.4, -0.2) is 30.4 Å². The lowest BCUT2D eigenvalue weighted by Gasteiger charge is -2.17. The molecule has 80 valence electrons. The van der Waals surface area contributed by atoms with E-state index in [2.05, 4.69) is 5.92 Å². The maximum Gasteiger partial charge on any atom is 0.223 e. The number of amides is 1. The van der Waals surface area contributed by atoms with Gasteiger partial charge in [0.05, 0.1) is 6.54 Å². The maximum atomic E-state index is 11.5. The van der Waals surface area contributed by atoms with E-state index in [4.69, 9.17) is 12.2 Å². The van der Waals surface area contributed by atoms with E-state index < -0.39 is 0 Å². The summed E-state index contributed by atoms with van der Waals surface area (Å²) in [6.07, 6.45) is 8.68. The molecule has 0 aromatic carbocycles. The number of carbonyl (C=O) groups excluding carboxylic acids is 1. The first kappa shape index (κ1) is 13.0. The highest BCUT2D eigenvalue weighted by Gasteiger charge is 2.08. The number of carbonyl (C=O) groups is 1. The molecule has 0 saturated heterocycles. The van der Waals surface area contributed by atoms with Crippen molar-refractivity contribution in [2.24, 2.45) is 5.73 Å². The molecule has 0 aromatic heterocycles. The van der Waals surface area contributed by atoms with Crippen molar-refractivity contribution in [1.29, 1.82) is 0 Å². The van der Waals surface area contributed by atoms with Crippen molar-refractivity contribution in [2.45, 2.75) is 32.6 Å². The Morgan fingerprint density at radius 1 is 1.43 bits per heavy atom. The van der Waals surface area contributed by atoms with Gasteiger partial charge < -0.3 is 10.6 Å². The molecule has 0 aliphatic heterocycles. The number of hydrogen-bond acceptors (Lipinski definition) is 2. The third kappa shape index (κ3) is 5.60. The zero-order valence-electron chi connectivity index (χ0n) is 8.96. The van der Waals surface area contributed by atoms with Gasteiger partial charge in [-0.1, -0.05) is 12.3 Å². The molecular formula is C11H20N2O. The molecule has 14 heavy (non-hydrogen) atoms. The number of nitrogens with two attached hydrogens (primary N) is 1. The molecular weight excluding hydrogens is 176 g/mol. The second-order valence-electron chi connectivity index (χ2n) is 3.21. The SMILES string of the molecule is C#CCN(CC)C(=O)CCCCCN. The van der Waals surface area contributed by atoms with E-state index in [0.29, 0.717) is 26.1 Å². The molecule has 2 N–H and O–H groups in total. The number of hydrogen-bond donors (Lipinski definition) is 1. The van der Waals surface area contributed by atoms with Crippen molar-refractivity contribution in [3.05, 3.63) is 0 Å². The Kier molecular flexibility index (Phi) is 7.96. The van der Waals surface area contributed by atoms with Gasteiger partial charge in [0, 0.05) is 13.0 Å². The maximum absolute atomic E-state index is 11.5. The van der Waals surface area contributed by atoms with E-state index in [0.717, 1.165) is 19.3 Å². The van der Waals surface area contributed by atoms with Crippen LogP contribution in [0.25, 0.3) is 0 Å². The van der Waals surface area contributed by atoms with E-state index in [-0.39, 0.29) is 5.91 Å². The molecule has 0 fully saturated rings. The summed E-state index contributed by atoms with van der Waals surface area (Å²) in [4.78, 5) is 13.2. The summed E-state index contributed by atoms with van der Waals surface area (Å²) in [7, 11) is 0. The molecule has 0 aliphatic rings. The second-order valence-corrected chi connectivity index (χ2v) is 3.21. The Balaban J connectivity index is 3.65. The van der Waals surface area contributed by atoms with Crippen molar-refractivity contribution < 1.29 is 4.79 Å². The normalized spacial score (nSPS) is 9.50. The van der Waals surface area contributed by atoms with Gasteiger partial charge in [0.25, 0.3) is 0 Å². The minimum absolute atomic E-state index is 0.155. The second kappa shape index (κ2) is 8.58. The van der Waals surface area contributed by atoms with Gasteiger partial charge in [0.2, 0.25) is 5.91 Å².